The van der Waals surface area contributed by atoms with Crippen molar-refractivity contribution >= 4 is 26.7 Å². The van der Waals surface area contributed by atoms with E-state index >= 15 is 0 Å². The third-order valence-corrected chi connectivity index (χ3v) is 5.08. The van der Waals surface area contributed by atoms with Crippen LogP contribution in [-0.2, 0) is 6.54 Å². The molecule has 0 saturated carbocycles. The zero-order valence-electron chi connectivity index (χ0n) is 15.5. The highest BCUT2D eigenvalue weighted by atomic mass is 79.9. The van der Waals surface area contributed by atoms with Crippen molar-refractivity contribution in [3.63, 3.8) is 0 Å². The highest BCUT2D eigenvalue weighted by Gasteiger charge is 2.15. The predicted octanol–water partition coefficient (Wildman–Crippen LogP) is 4.27. The van der Waals surface area contributed by atoms with E-state index in [1.165, 1.54) is 4.68 Å². The minimum Gasteiger partial charge on any atom is -0.491 e. The Balaban J connectivity index is 1.62. The molecular weight excluding hydrogens is 432 g/mol. The highest BCUT2D eigenvalue weighted by Crippen LogP contribution is 2.24. The van der Waals surface area contributed by atoms with Crippen LogP contribution in [0.4, 0.5) is 0 Å². The quantitative estimate of drug-likeness (QED) is 0.476. The van der Waals surface area contributed by atoms with Gasteiger partial charge in [0.15, 0.2) is 0 Å². The summed E-state index contributed by atoms with van der Waals surface area (Å²) in [6, 6.07) is 24.5. The van der Waals surface area contributed by atoms with E-state index in [9.17, 15) is 9.90 Å². The number of hydrogen-bond acceptors (Lipinski definition) is 4. The van der Waals surface area contributed by atoms with Crippen LogP contribution in [-0.4, -0.2) is 27.6 Å². The Kier molecular flexibility index (Phi) is 5.74. The lowest BCUT2D eigenvalue weighted by Gasteiger charge is -2.15. The first-order valence-electron chi connectivity index (χ1n) is 9.23. The summed E-state index contributed by atoms with van der Waals surface area (Å²) < 4.78 is 7.89. The molecule has 0 fully saturated rings. The molecule has 0 bridgehead atoms. The van der Waals surface area contributed by atoms with Crippen LogP contribution in [0.15, 0.2) is 88.1 Å². The minimum absolute atomic E-state index is 0.0417. The number of halogens is 1. The Bertz CT molecular complexity index is 1170. The number of fused-ring (bicyclic) bond motifs is 1. The molecule has 0 aliphatic carbocycles. The van der Waals surface area contributed by atoms with Gasteiger partial charge in [-0.1, -0.05) is 64.5 Å². The molecule has 0 aliphatic rings. The third kappa shape index (κ3) is 4.39. The number of aliphatic hydroxyl groups is 1. The van der Waals surface area contributed by atoms with Gasteiger partial charge in [-0.25, -0.2) is 4.68 Å². The number of aromatic nitrogens is 2. The number of rotatable bonds is 6. The van der Waals surface area contributed by atoms with Gasteiger partial charge < -0.3 is 9.84 Å². The first-order chi connectivity index (χ1) is 14.1. The Morgan fingerprint density at radius 2 is 1.59 bits per heavy atom. The van der Waals surface area contributed by atoms with Crippen molar-refractivity contribution in [2.75, 3.05) is 6.61 Å². The van der Waals surface area contributed by atoms with Gasteiger partial charge in [0.1, 0.15) is 18.5 Å². The molecule has 1 N–H and O–H groups in total. The molecule has 1 unspecified atom stereocenters. The molecular formula is C23H19BrN2O3. The van der Waals surface area contributed by atoms with Gasteiger partial charge in [-0.15, -0.1) is 0 Å². The number of aliphatic hydroxyl groups excluding tert-OH is 1. The summed E-state index contributed by atoms with van der Waals surface area (Å²) in [4.78, 5) is 12.9. The van der Waals surface area contributed by atoms with Gasteiger partial charge in [0, 0.05) is 15.4 Å². The summed E-state index contributed by atoms with van der Waals surface area (Å²) in [6.07, 6.45) is -0.881. The van der Waals surface area contributed by atoms with E-state index in [2.05, 4.69) is 21.0 Å². The van der Waals surface area contributed by atoms with E-state index in [0.29, 0.717) is 16.8 Å². The minimum atomic E-state index is -0.881. The second-order valence-electron chi connectivity index (χ2n) is 6.67. The van der Waals surface area contributed by atoms with Gasteiger partial charge in [-0.05, 0) is 30.3 Å². The van der Waals surface area contributed by atoms with E-state index < -0.39 is 6.10 Å². The highest BCUT2D eigenvalue weighted by molar-refractivity contribution is 9.10. The van der Waals surface area contributed by atoms with Crippen molar-refractivity contribution in [1.29, 1.82) is 0 Å². The van der Waals surface area contributed by atoms with Crippen LogP contribution < -0.4 is 10.3 Å². The maximum atomic E-state index is 12.9. The van der Waals surface area contributed by atoms with Crippen molar-refractivity contribution < 1.29 is 9.84 Å². The molecule has 1 atom stereocenters. The molecule has 0 saturated heterocycles. The van der Waals surface area contributed by atoms with Gasteiger partial charge in [0.05, 0.1) is 17.6 Å². The number of benzene rings is 3. The molecule has 29 heavy (non-hydrogen) atoms. The van der Waals surface area contributed by atoms with E-state index in [1.807, 2.05) is 72.8 Å². The average Bonchev–Trinajstić information content (AvgIpc) is 2.76. The number of ether oxygens (including phenoxy) is 1. The monoisotopic (exact) mass is 450 g/mol. The van der Waals surface area contributed by atoms with Gasteiger partial charge in [-0.3, -0.25) is 4.79 Å². The maximum Gasteiger partial charge on any atom is 0.274 e. The molecule has 5 nitrogen and oxygen atoms in total. The predicted molar refractivity (Wildman–Crippen MR) is 117 cm³/mol. The molecule has 0 radical (unpaired) electrons. The topological polar surface area (TPSA) is 64.4 Å². The lowest BCUT2D eigenvalue weighted by Crippen LogP contribution is -2.32. The summed E-state index contributed by atoms with van der Waals surface area (Å²) in [5.74, 6) is 0.649. The second-order valence-corrected chi connectivity index (χ2v) is 7.58. The number of hydrogen-bond donors (Lipinski definition) is 1. The van der Waals surface area contributed by atoms with Crippen molar-refractivity contribution in [2.24, 2.45) is 0 Å². The van der Waals surface area contributed by atoms with Crippen LogP contribution in [0.3, 0.4) is 0 Å². The van der Waals surface area contributed by atoms with Crippen molar-refractivity contribution in [3.8, 4) is 17.0 Å². The Hall–Kier alpha value is -2.96. The molecule has 1 heterocycles. The molecule has 0 spiro atoms. The summed E-state index contributed by atoms with van der Waals surface area (Å²) >= 11 is 3.37. The van der Waals surface area contributed by atoms with Crippen LogP contribution in [0.25, 0.3) is 22.0 Å². The summed E-state index contributed by atoms with van der Waals surface area (Å²) in [6.45, 7) is 0.100. The lowest BCUT2D eigenvalue weighted by molar-refractivity contribution is 0.0882. The van der Waals surface area contributed by atoms with E-state index in [1.54, 1.807) is 6.07 Å². The fraction of sp³-hybridized carbons (Fsp3) is 0.130. The van der Waals surface area contributed by atoms with Crippen molar-refractivity contribution in [1.82, 2.24) is 9.78 Å². The smallest absolute Gasteiger partial charge is 0.274 e. The fourth-order valence-electron chi connectivity index (χ4n) is 3.14. The normalized spacial score (nSPS) is 12.1. The fourth-order valence-corrected chi connectivity index (χ4v) is 3.41. The van der Waals surface area contributed by atoms with Crippen LogP contribution in [0, 0.1) is 0 Å². The molecule has 0 aliphatic heterocycles. The van der Waals surface area contributed by atoms with Gasteiger partial charge in [0.25, 0.3) is 5.56 Å². The Labute approximate surface area is 176 Å². The summed E-state index contributed by atoms with van der Waals surface area (Å²) in [7, 11) is 0. The third-order valence-electron chi connectivity index (χ3n) is 4.55. The number of nitrogens with zero attached hydrogens (tertiary/aromatic N) is 2. The summed E-state index contributed by atoms with van der Waals surface area (Å²) in [5.41, 5.74) is 1.39. The second kappa shape index (κ2) is 8.59. The van der Waals surface area contributed by atoms with Gasteiger partial charge in [-0.2, -0.15) is 5.10 Å². The molecule has 4 rings (SSSR count). The van der Waals surface area contributed by atoms with Crippen LogP contribution in [0.5, 0.6) is 5.75 Å². The van der Waals surface area contributed by atoms with Crippen LogP contribution >= 0.6 is 15.9 Å². The Morgan fingerprint density at radius 3 is 2.31 bits per heavy atom. The zero-order chi connectivity index (χ0) is 20.2. The van der Waals surface area contributed by atoms with Crippen molar-refractivity contribution in [3.05, 3.63) is 93.7 Å². The lowest BCUT2D eigenvalue weighted by atomic mass is 10.1. The van der Waals surface area contributed by atoms with Crippen molar-refractivity contribution in [2.45, 2.75) is 12.6 Å². The molecule has 4 aromatic rings. The Morgan fingerprint density at radius 1 is 0.931 bits per heavy atom. The average molecular weight is 451 g/mol. The van der Waals surface area contributed by atoms with Crippen LogP contribution in [0.1, 0.15) is 0 Å². The van der Waals surface area contributed by atoms with E-state index in [0.717, 1.165) is 15.4 Å². The molecule has 0 amide bonds. The van der Waals surface area contributed by atoms with Gasteiger partial charge in [0.2, 0.25) is 0 Å². The first-order valence-corrected chi connectivity index (χ1v) is 10.0. The standard InChI is InChI=1S/C23H19BrN2O3/c24-17-10-12-19(13-11-17)29-15-18(27)14-26-23(28)21-9-5-4-8-20(21)22(25-26)16-6-2-1-3-7-16/h1-13,18,27H,14-15H2. The van der Waals surface area contributed by atoms with E-state index in [4.69, 9.17) is 4.74 Å². The molecule has 1 aromatic heterocycles. The maximum absolute atomic E-state index is 12.9. The molecule has 146 valence electrons. The molecule has 3 aromatic carbocycles. The van der Waals surface area contributed by atoms with E-state index in [-0.39, 0.29) is 18.7 Å². The summed E-state index contributed by atoms with van der Waals surface area (Å²) in [5, 5.41) is 16.4. The first kappa shape index (κ1) is 19.4. The SMILES string of the molecule is O=c1c2ccccc2c(-c2ccccc2)nn1CC(O)COc1ccc(Br)cc1. The zero-order valence-corrected chi connectivity index (χ0v) is 17.1. The largest absolute Gasteiger partial charge is 0.491 e. The van der Waals surface area contributed by atoms with Gasteiger partial charge >= 0.3 is 0 Å². The van der Waals surface area contributed by atoms with Crippen LogP contribution in [0.2, 0.25) is 0 Å². The molecule has 6 heteroatoms.